The van der Waals surface area contributed by atoms with Crippen LogP contribution in [0.5, 0.6) is 5.75 Å². The number of rotatable bonds is 5. The second-order valence-electron chi connectivity index (χ2n) is 5.28. The highest BCUT2D eigenvalue weighted by molar-refractivity contribution is 7.89. The molecule has 1 atom stereocenters. The molecule has 130 valence electrons. The van der Waals surface area contributed by atoms with E-state index in [0.717, 1.165) is 9.87 Å². The number of sulfonamides is 1. The number of methoxy groups -OCH3 is 1. The van der Waals surface area contributed by atoms with E-state index in [0.29, 0.717) is 12.2 Å². The van der Waals surface area contributed by atoms with Crippen molar-refractivity contribution < 1.29 is 31.1 Å². The molecule has 0 aromatic heterocycles. The van der Waals surface area contributed by atoms with Gasteiger partial charge in [-0.1, -0.05) is 12.1 Å². The molecule has 1 aromatic carbocycles. The smallest absolute Gasteiger partial charge is 0.404 e. The second-order valence-corrected chi connectivity index (χ2v) is 7.25. The third kappa shape index (κ3) is 5.36. The number of hydrogen-bond acceptors (Lipinski definition) is 4. The number of nitrogens with zero attached hydrogens (tertiary/aromatic N) is 1. The lowest BCUT2D eigenvalue weighted by Crippen LogP contribution is -2.48. The first-order chi connectivity index (χ1) is 10.7. The van der Waals surface area contributed by atoms with Crippen LogP contribution in [0.4, 0.5) is 13.2 Å². The van der Waals surface area contributed by atoms with Gasteiger partial charge in [-0.05, 0) is 17.7 Å². The van der Waals surface area contributed by atoms with Gasteiger partial charge in [0.1, 0.15) is 5.75 Å². The summed E-state index contributed by atoms with van der Waals surface area (Å²) in [5, 5.41) is 0. The Morgan fingerprint density at radius 1 is 1.39 bits per heavy atom. The van der Waals surface area contributed by atoms with Crippen molar-refractivity contribution in [1.82, 2.24) is 4.31 Å². The van der Waals surface area contributed by atoms with Gasteiger partial charge >= 0.3 is 6.18 Å². The summed E-state index contributed by atoms with van der Waals surface area (Å²) in [6.45, 7) is -0.0750. The van der Waals surface area contributed by atoms with Gasteiger partial charge in [-0.15, -0.1) is 0 Å². The first-order valence-electron chi connectivity index (χ1n) is 6.99. The van der Waals surface area contributed by atoms with Crippen LogP contribution in [0.25, 0.3) is 0 Å². The van der Waals surface area contributed by atoms with Crippen LogP contribution in [0, 0.1) is 0 Å². The topological polar surface area (TPSA) is 55.8 Å². The zero-order valence-corrected chi connectivity index (χ0v) is 13.4. The van der Waals surface area contributed by atoms with Gasteiger partial charge in [-0.3, -0.25) is 0 Å². The van der Waals surface area contributed by atoms with Crippen molar-refractivity contribution in [2.45, 2.75) is 18.7 Å². The lowest BCUT2D eigenvalue weighted by molar-refractivity contribution is -0.107. The third-order valence-electron chi connectivity index (χ3n) is 3.44. The highest BCUT2D eigenvalue weighted by Gasteiger charge is 2.40. The van der Waals surface area contributed by atoms with Crippen molar-refractivity contribution in [3.8, 4) is 5.75 Å². The lowest BCUT2D eigenvalue weighted by Gasteiger charge is -2.32. The summed E-state index contributed by atoms with van der Waals surface area (Å²) in [6.07, 6.45) is -4.84. The van der Waals surface area contributed by atoms with Crippen LogP contribution in [0.15, 0.2) is 24.3 Å². The molecule has 1 aliphatic heterocycles. The zero-order chi connectivity index (χ0) is 17.1. The van der Waals surface area contributed by atoms with Crippen LogP contribution in [-0.2, 0) is 21.2 Å². The van der Waals surface area contributed by atoms with E-state index in [9.17, 15) is 21.6 Å². The van der Waals surface area contributed by atoms with E-state index in [1.54, 1.807) is 18.2 Å². The van der Waals surface area contributed by atoms with E-state index in [4.69, 9.17) is 9.47 Å². The first kappa shape index (κ1) is 18.0. The summed E-state index contributed by atoms with van der Waals surface area (Å²) in [6, 6.07) is 7.17. The van der Waals surface area contributed by atoms with Crippen molar-refractivity contribution >= 4 is 10.0 Å². The minimum atomic E-state index is -4.75. The maximum absolute atomic E-state index is 12.4. The average Bonchev–Trinajstić information content (AvgIpc) is 2.45. The van der Waals surface area contributed by atoms with E-state index >= 15 is 0 Å². The molecule has 0 amide bonds. The maximum atomic E-state index is 12.4. The van der Waals surface area contributed by atoms with E-state index in [1.807, 2.05) is 6.07 Å². The number of hydrogen-bond donors (Lipinski definition) is 0. The van der Waals surface area contributed by atoms with Gasteiger partial charge in [0.15, 0.2) is 5.75 Å². The molecule has 0 radical (unpaired) electrons. The molecule has 0 spiro atoms. The van der Waals surface area contributed by atoms with Crippen LogP contribution in [-0.4, -0.2) is 57.6 Å². The Kier molecular flexibility index (Phi) is 5.53. The number of ether oxygens (including phenoxy) is 2. The summed E-state index contributed by atoms with van der Waals surface area (Å²) >= 11 is 0. The zero-order valence-electron chi connectivity index (χ0n) is 12.5. The van der Waals surface area contributed by atoms with Gasteiger partial charge < -0.3 is 9.47 Å². The Morgan fingerprint density at radius 3 is 2.78 bits per heavy atom. The molecule has 2 rings (SSSR count). The molecule has 0 saturated carbocycles. The van der Waals surface area contributed by atoms with Crippen LogP contribution in [0.2, 0.25) is 0 Å². The van der Waals surface area contributed by atoms with Gasteiger partial charge in [-0.2, -0.15) is 17.5 Å². The highest BCUT2D eigenvalue weighted by Crippen LogP contribution is 2.22. The van der Waals surface area contributed by atoms with Crippen molar-refractivity contribution in [2.24, 2.45) is 0 Å². The van der Waals surface area contributed by atoms with Gasteiger partial charge in [0.05, 0.1) is 19.8 Å². The second kappa shape index (κ2) is 7.06. The van der Waals surface area contributed by atoms with Crippen molar-refractivity contribution in [1.29, 1.82) is 0 Å². The molecule has 0 unspecified atom stereocenters. The largest absolute Gasteiger partial charge is 0.497 e. The Balaban J connectivity index is 2.03. The molecule has 0 aliphatic carbocycles. The van der Waals surface area contributed by atoms with Crippen LogP contribution in [0.1, 0.15) is 5.56 Å². The summed E-state index contributed by atoms with van der Waals surface area (Å²) in [4.78, 5) is 0. The van der Waals surface area contributed by atoms with Gasteiger partial charge in [0.25, 0.3) is 0 Å². The Bertz CT molecular complexity index is 633. The van der Waals surface area contributed by atoms with Crippen molar-refractivity contribution in [3.05, 3.63) is 29.8 Å². The van der Waals surface area contributed by atoms with Gasteiger partial charge in [0, 0.05) is 19.5 Å². The van der Waals surface area contributed by atoms with Crippen molar-refractivity contribution in [3.63, 3.8) is 0 Å². The summed E-state index contributed by atoms with van der Waals surface area (Å²) in [5.41, 5.74) is 0.865. The molecule has 5 nitrogen and oxygen atoms in total. The normalized spacial score (nSPS) is 20.4. The van der Waals surface area contributed by atoms with E-state index in [2.05, 4.69) is 0 Å². The Labute approximate surface area is 133 Å². The minimum Gasteiger partial charge on any atom is -0.497 e. The fraction of sp³-hybridized carbons (Fsp3) is 0.571. The molecule has 1 fully saturated rings. The molecule has 0 N–H and O–H groups in total. The lowest BCUT2D eigenvalue weighted by atomic mass is 10.1. The van der Waals surface area contributed by atoms with E-state index in [1.165, 1.54) is 7.11 Å². The molecule has 1 saturated heterocycles. The maximum Gasteiger partial charge on any atom is 0.404 e. The average molecular weight is 353 g/mol. The number of benzene rings is 1. The Morgan fingerprint density at radius 2 is 2.13 bits per heavy atom. The highest BCUT2D eigenvalue weighted by atomic mass is 32.2. The third-order valence-corrected chi connectivity index (χ3v) is 5.25. The number of alkyl halides is 3. The van der Waals surface area contributed by atoms with E-state index in [-0.39, 0.29) is 19.7 Å². The predicted molar refractivity (Wildman–Crippen MR) is 77.9 cm³/mol. The van der Waals surface area contributed by atoms with Gasteiger partial charge in [0.2, 0.25) is 10.0 Å². The molecule has 1 heterocycles. The SMILES string of the molecule is COc1cccc(C[C@H]2CN(S(=O)(=O)CC(F)(F)F)CCO2)c1. The summed E-state index contributed by atoms with van der Waals surface area (Å²) < 4.78 is 72.2. The quantitative estimate of drug-likeness (QED) is 0.810. The summed E-state index contributed by atoms with van der Waals surface area (Å²) in [7, 11) is -2.85. The molecular weight excluding hydrogens is 335 g/mol. The molecule has 0 bridgehead atoms. The number of halogens is 3. The van der Waals surface area contributed by atoms with E-state index < -0.39 is 28.1 Å². The monoisotopic (exact) mass is 353 g/mol. The molecular formula is C14H18F3NO4S. The summed E-state index contributed by atoms with van der Waals surface area (Å²) in [5.74, 6) is -1.19. The van der Waals surface area contributed by atoms with Crippen molar-refractivity contribution in [2.75, 3.05) is 32.6 Å². The minimum absolute atomic E-state index is 0.0625. The van der Waals surface area contributed by atoms with Crippen LogP contribution in [0.3, 0.4) is 0 Å². The fourth-order valence-corrected chi connectivity index (χ4v) is 3.77. The van der Waals surface area contributed by atoms with Crippen LogP contribution < -0.4 is 4.74 Å². The first-order valence-corrected chi connectivity index (χ1v) is 8.59. The molecule has 1 aliphatic rings. The molecule has 23 heavy (non-hydrogen) atoms. The predicted octanol–water partition coefficient (Wildman–Crippen LogP) is 1.83. The van der Waals surface area contributed by atoms with Gasteiger partial charge in [-0.25, -0.2) is 8.42 Å². The molecule has 1 aromatic rings. The number of morpholine rings is 1. The Hall–Kier alpha value is -1.32. The fourth-order valence-electron chi connectivity index (χ4n) is 2.43. The van der Waals surface area contributed by atoms with Crippen LogP contribution >= 0.6 is 0 Å². The molecule has 9 heteroatoms. The standard InChI is InChI=1S/C14H18F3NO4S/c1-21-12-4-2-3-11(7-12)8-13-9-18(5-6-22-13)23(19,20)10-14(15,16)17/h2-4,7,13H,5-6,8-10H2,1H3/t13-/m0/s1.